The lowest BCUT2D eigenvalue weighted by atomic mass is 9.95. The lowest BCUT2D eigenvalue weighted by Crippen LogP contribution is -2.36. The van der Waals surface area contributed by atoms with Gasteiger partial charge in [0.05, 0.1) is 23.8 Å². The Hall–Kier alpha value is -2.40. The molecular weight excluding hydrogens is 298 g/mol. The molecule has 1 atom stereocenters. The number of H-pyrrole nitrogens is 2. The van der Waals surface area contributed by atoms with E-state index < -0.39 is 0 Å². The lowest BCUT2D eigenvalue weighted by molar-refractivity contribution is 0.170. The highest BCUT2D eigenvalue weighted by Gasteiger charge is 2.30. The number of imidazole rings is 1. The number of hydrogen-bond donors (Lipinski definition) is 2. The van der Waals surface area contributed by atoms with Crippen LogP contribution in [0.3, 0.4) is 0 Å². The van der Waals surface area contributed by atoms with E-state index in [0.717, 1.165) is 31.6 Å². The second kappa shape index (κ2) is 6.24. The average molecular weight is 321 g/mol. The standard InChI is InChI=1S/C19H23N5/c1-13-16(14(2)23-22-13)11-24-9-8-17-19(21-12-20-17)18(24)10-15-6-4-3-5-7-15/h3-7,12,18H,8-11H2,1-2H3,(H,20,21)(H,22,23). The van der Waals surface area contributed by atoms with E-state index in [9.17, 15) is 0 Å². The van der Waals surface area contributed by atoms with Gasteiger partial charge in [-0.3, -0.25) is 10.00 Å². The third-order valence-corrected chi connectivity index (χ3v) is 5.07. The van der Waals surface area contributed by atoms with Crippen molar-refractivity contribution >= 4 is 0 Å². The summed E-state index contributed by atoms with van der Waals surface area (Å²) in [6.45, 7) is 6.13. The fourth-order valence-electron chi connectivity index (χ4n) is 3.67. The molecule has 5 heteroatoms. The summed E-state index contributed by atoms with van der Waals surface area (Å²) < 4.78 is 0. The van der Waals surface area contributed by atoms with Crippen molar-refractivity contribution in [2.45, 2.75) is 39.3 Å². The van der Waals surface area contributed by atoms with Gasteiger partial charge in [-0.25, -0.2) is 4.98 Å². The molecule has 1 aromatic carbocycles. The number of rotatable bonds is 4. The van der Waals surface area contributed by atoms with Crippen molar-refractivity contribution in [1.82, 2.24) is 25.1 Å². The topological polar surface area (TPSA) is 60.6 Å². The summed E-state index contributed by atoms with van der Waals surface area (Å²) in [5.74, 6) is 0. The molecule has 0 amide bonds. The van der Waals surface area contributed by atoms with Crippen LogP contribution in [0.5, 0.6) is 0 Å². The molecule has 1 aliphatic rings. The Morgan fingerprint density at radius 1 is 1.21 bits per heavy atom. The molecule has 3 heterocycles. The van der Waals surface area contributed by atoms with Crippen LogP contribution in [0.2, 0.25) is 0 Å². The fourth-order valence-corrected chi connectivity index (χ4v) is 3.67. The minimum Gasteiger partial charge on any atom is -0.348 e. The van der Waals surface area contributed by atoms with Crippen molar-refractivity contribution in [2.24, 2.45) is 0 Å². The van der Waals surface area contributed by atoms with Crippen molar-refractivity contribution in [3.8, 4) is 0 Å². The van der Waals surface area contributed by atoms with E-state index in [1.807, 2.05) is 6.33 Å². The average Bonchev–Trinajstić information content (AvgIpc) is 3.19. The van der Waals surface area contributed by atoms with Crippen LogP contribution in [0.15, 0.2) is 36.7 Å². The summed E-state index contributed by atoms with van der Waals surface area (Å²) in [6.07, 6.45) is 3.84. The first-order chi connectivity index (χ1) is 11.7. The summed E-state index contributed by atoms with van der Waals surface area (Å²) in [6, 6.07) is 11.0. The first-order valence-corrected chi connectivity index (χ1v) is 8.53. The van der Waals surface area contributed by atoms with Gasteiger partial charge in [-0.05, 0) is 25.8 Å². The summed E-state index contributed by atoms with van der Waals surface area (Å²) in [7, 11) is 0. The Kier molecular flexibility index (Phi) is 3.94. The van der Waals surface area contributed by atoms with Gasteiger partial charge in [-0.1, -0.05) is 30.3 Å². The number of benzene rings is 1. The number of aromatic nitrogens is 4. The zero-order valence-electron chi connectivity index (χ0n) is 14.2. The molecule has 124 valence electrons. The minimum atomic E-state index is 0.302. The van der Waals surface area contributed by atoms with Crippen molar-refractivity contribution in [3.63, 3.8) is 0 Å². The van der Waals surface area contributed by atoms with E-state index in [4.69, 9.17) is 0 Å². The minimum absolute atomic E-state index is 0.302. The molecule has 0 spiro atoms. The third kappa shape index (κ3) is 2.76. The smallest absolute Gasteiger partial charge is 0.0925 e. The summed E-state index contributed by atoms with van der Waals surface area (Å²) in [5.41, 5.74) is 7.41. The Morgan fingerprint density at radius 2 is 2.04 bits per heavy atom. The second-order valence-corrected chi connectivity index (χ2v) is 6.60. The van der Waals surface area contributed by atoms with Gasteiger partial charge < -0.3 is 4.98 Å². The fraction of sp³-hybridized carbons (Fsp3) is 0.368. The Labute approximate surface area is 142 Å². The largest absolute Gasteiger partial charge is 0.348 e. The van der Waals surface area contributed by atoms with Gasteiger partial charge in [-0.15, -0.1) is 0 Å². The highest BCUT2D eigenvalue weighted by Crippen LogP contribution is 2.32. The number of nitrogens with zero attached hydrogens (tertiary/aromatic N) is 3. The van der Waals surface area contributed by atoms with Crippen molar-refractivity contribution in [2.75, 3.05) is 6.54 Å². The molecule has 0 saturated heterocycles. The predicted molar refractivity (Wildman–Crippen MR) is 93.7 cm³/mol. The Morgan fingerprint density at radius 3 is 2.79 bits per heavy atom. The van der Waals surface area contributed by atoms with Gasteiger partial charge in [0.2, 0.25) is 0 Å². The quantitative estimate of drug-likeness (QED) is 0.776. The van der Waals surface area contributed by atoms with Crippen molar-refractivity contribution in [3.05, 3.63) is 70.6 Å². The maximum absolute atomic E-state index is 4.64. The highest BCUT2D eigenvalue weighted by atomic mass is 15.2. The number of hydrogen-bond acceptors (Lipinski definition) is 3. The lowest BCUT2D eigenvalue weighted by Gasteiger charge is -2.35. The molecule has 0 fully saturated rings. The van der Waals surface area contributed by atoms with Gasteiger partial charge in [0.1, 0.15) is 0 Å². The molecule has 24 heavy (non-hydrogen) atoms. The molecule has 0 aliphatic carbocycles. The van der Waals surface area contributed by atoms with Crippen molar-refractivity contribution in [1.29, 1.82) is 0 Å². The van der Waals surface area contributed by atoms with E-state index in [2.05, 4.69) is 69.2 Å². The SMILES string of the molecule is Cc1n[nH]c(C)c1CN1CCc2[nH]cnc2C1Cc1ccccc1. The number of aromatic amines is 2. The first-order valence-electron chi connectivity index (χ1n) is 8.53. The normalized spacial score (nSPS) is 17.8. The Bertz CT molecular complexity index is 798. The van der Waals surface area contributed by atoms with Crippen LogP contribution in [0.4, 0.5) is 0 Å². The van der Waals surface area contributed by atoms with E-state index in [-0.39, 0.29) is 0 Å². The van der Waals surface area contributed by atoms with E-state index in [0.29, 0.717) is 6.04 Å². The van der Waals surface area contributed by atoms with Gasteiger partial charge in [-0.2, -0.15) is 5.10 Å². The van der Waals surface area contributed by atoms with E-state index >= 15 is 0 Å². The molecule has 0 radical (unpaired) electrons. The number of nitrogens with one attached hydrogen (secondary N) is 2. The third-order valence-electron chi connectivity index (χ3n) is 5.07. The molecule has 2 aromatic heterocycles. The maximum atomic E-state index is 4.64. The molecule has 5 nitrogen and oxygen atoms in total. The predicted octanol–water partition coefficient (Wildman–Crippen LogP) is 3.09. The van der Waals surface area contributed by atoms with Gasteiger partial charge in [0.25, 0.3) is 0 Å². The number of fused-ring (bicyclic) bond motifs is 1. The molecule has 3 aromatic rings. The molecule has 2 N–H and O–H groups in total. The van der Waals surface area contributed by atoms with Gasteiger partial charge in [0.15, 0.2) is 0 Å². The molecule has 0 bridgehead atoms. The number of aryl methyl sites for hydroxylation is 2. The van der Waals surface area contributed by atoms with E-state index in [1.165, 1.54) is 28.2 Å². The van der Waals surface area contributed by atoms with Crippen LogP contribution in [-0.2, 0) is 19.4 Å². The van der Waals surface area contributed by atoms with Crippen LogP contribution >= 0.6 is 0 Å². The second-order valence-electron chi connectivity index (χ2n) is 6.60. The van der Waals surface area contributed by atoms with Crippen LogP contribution < -0.4 is 0 Å². The van der Waals surface area contributed by atoms with Crippen LogP contribution in [-0.4, -0.2) is 31.6 Å². The Balaban J connectivity index is 1.65. The molecular formula is C19H23N5. The van der Waals surface area contributed by atoms with Crippen LogP contribution in [0, 0.1) is 13.8 Å². The molecule has 1 unspecified atom stereocenters. The van der Waals surface area contributed by atoms with Crippen molar-refractivity contribution < 1.29 is 0 Å². The summed E-state index contributed by atoms with van der Waals surface area (Å²) >= 11 is 0. The first kappa shape index (κ1) is 15.1. The monoisotopic (exact) mass is 321 g/mol. The van der Waals surface area contributed by atoms with E-state index in [1.54, 1.807) is 0 Å². The summed E-state index contributed by atoms with van der Waals surface area (Å²) in [4.78, 5) is 10.5. The maximum Gasteiger partial charge on any atom is 0.0925 e. The van der Waals surface area contributed by atoms with Gasteiger partial charge in [0, 0.05) is 36.5 Å². The van der Waals surface area contributed by atoms with Crippen LogP contribution in [0.25, 0.3) is 0 Å². The zero-order valence-corrected chi connectivity index (χ0v) is 14.2. The summed E-state index contributed by atoms with van der Waals surface area (Å²) in [5, 5.41) is 7.46. The van der Waals surface area contributed by atoms with Crippen LogP contribution in [0.1, 0.15) is 39.9 Å². The highest BCUT2D eigenvalue weighted by molar-refractivity contribution is 5.27. The van der Waals surface area contributed by atoms with Gasteiger partial charge >= 0.3 is 0 Å². The molecule has 4 rings (SSSR count). The zero-order chi connectivity index (χ0) is 16.5. The molecule has 1 aliphatic heterocycles. The molecule has 0 saturated carbocycles.